The highest BCUT2D eigenvalue weighted by Gasteiger charge is 2.42. The van der Waals surface area contributed by atoms with Crippen molar-refractivity contribution >= 4 is 17.5 Å². The highest BCUT2D eigenvalue weighted by atomic mass is 35.5. The van der Waals surface area contributed by atoms with Crippen LogP contribution in [0.2, 0.25) is 5.02 Å². The molecule has 2 fully saturated rings. The van der Waals surface area contributed by atoms with Gasteiger partial charge in [-0.2, -0.15) is 18.3 Å². The number of carbonyl (C=O) groups is 1. The molecule has 292 valence electrons. The molecule has 4 aromatic rings. The summed E-state index contributed by atoms with van der Waals surface area (Å²) in [6.45, 7) is 2.06. The monoisotopic (exact) mass is 767 g/mol. The number of nitrogens with zero attached hydrogens (tertiary/aromatic N) is 4. The van der Waals surface area contributed by atoms with Crippen molar-refractivity contribution in [1.82, 2.24) is 24.9 Å². The van der Waals surface area contributed by atoms with E-state index in [4.69, 9.17) is 17.3 Å². The van der Waals surface area contributed by atoms with Crippen molar-refractivity contribution in [2.45, 2.75) is 100 Å². The average Bonchev–Trinajstić information content (AvgIpc) is 3.59. The zero-order chi connectivity index (χ0) is 39.3. The van der Waals surface area contributed by atoms with Crippen molar-refractivity contribution in [2.24, 2.45) is 0 Å². The lowest BCUT2D eigenvalue weighted by Gasteiger charge is -2.46. The van der Waals surface area contributed by atoms with Gasteiger partial charge in [-0.25, -0.2) is 9.07 Å². The minimum atomic E-state index is -4.76. The molecule has 0 radical (unpaired) electrons. The SMILES string of the molecule is CN(C)C1(Cc2ccc(F)cc2)CCC([NH-])CC1.Cc1ccc(CC2(N(C)C)CCC(NC(=O)c3cnn(-c4ccc(Cl)cc4)c3C(F)(F)F)CC2)cc1. The average molecular weight is 768 g/mol. The standard InChI is InChI=1S/C27H30ClF3N4O.C15H22FN2/c1-18-4-6-19(7-5-18)16-26(34(2)3)14-12-21(13-15-26)33-25(36)23-17-32-35(24(23)27(29,30)31)22-10-8-20(28)9-11-22;1-18(2)15(9-7-14(17)8-10-15)11-12-3-5-13(16)6-4-12/h4-11,17,21H,12-16H2,1-3H3,(H,33,36);3-6,14,17H,7-11H2,1-2H3/q;-1. The molecule has 2 aliphatic carbocycles. The van der Waals surface area contributed by atoms with E-state index in [0.717, 1.165) is 62.2 Å². The number of likely N-dealkylation sites (N-methyl/N-ethyl adjacent to an activating group) is 2. The van der Waals surface area contributed by atoms with E-state index >= 15 is 0 Å². The van der Waals surface area contributed by atoms with Gasteiger partial charge >= 0.3 is 6.18 Å². The first-order chi connectivity index (χ1) is 25.5. The van der Waals surface area contributed by atoms with Crippen molar-refractivity contribution in [3.8, 4) is 5.69 Å². The van der Waals surface area contributed by atoms with Gasteiger partial charge in [-0.3, -0.25) is 4.79 Å². The minimum Gasteiger partial charge on any atom is -0.675 e. The Balaban J connectivity index is 0.000000260. The van der Waals surface area contributed by atoms with E-state index < -0.39 is 23.3 Å². The molecule has 12 heteroatoms. The molecule has 6 rings (SSSR count). The minimum absolute atomic E-state index is 0.0624. The summed E-state index contributed by atoms with van der Waals surface area (Å²) in [7, 11) is 8.36. The lowest BCUT2D eigenvalue weighted by atomic mass is 9.74. The number of benzene rings is 3. The molecule has 0 unspecified atom stereocenters. The van der Waals surface area contributed by atoms with Gasteiger partial charge in [-0.15, -0.1) is 6.04 Å². The van der Waals surface area contributed by atoms with E-state index in [9.17, 15) is 22.4 Å². The van der Waals surface area contributed by atoms with Crippen LogP contribution in [0.1, 0.15) is 84.1 Å². The Morgan fingerprint density at radius 2 is 1.31 bits per heavy atom. The summed E-state index contributed by atoms with van der Waals surface area (Å²) in [5, 5.41) is 7.11. The van der Waals surface area contributed by atoms with E-state index in [1.807, 2.05) is 12.1 Å². The molecule has 3 aromatic carbocycles. The molecule has 2 N–H and O–H groups in total. The zero-order valence-electron chi connectivity index (χ0n) is 31.8. The number of aryl methyl sites for hydroxylation is 1. The van der Waals surface area contributed by atoms with Crippen molar-refractivity contribution in [2.75, 3.05) is 28.2 Å². The van der Waals surface area contributed by atoms with Gasteiger partial charge in [-0.1, -0.05) is 66.4 Å². The van der Waals surface area contributed by atoms with Gasteiger partial charge < -0.3 is 20.9 Å². The van der Waals surface area contributed by atoms with Crippen LogP contribution >= 0.6 is 11.6 Å². The van der Waals surface area contributed by atoms with Gasteiger partial charge in [0.25, 0.3) is 5.91 Å². The van der Waals surface area contributed by atoms with E-state index in [0.29, 0.717) is 17.9 Å². The largest absolute Gasteiger partial charge is 0.675 e. The molecule has 1 aromatic heterocycles. The maximum absolute atomic E-state index is 14.0. The molecular weight excluding hydrogens is 716 g/mol. The Kier molecular flexibility index (Phi) is 13.3. The zero-order valence-corrected chi connectivity index (χ0v) is 32.6. The number of hydrogen-bond donors (Lipinski definition) is 1. The maximum atomic E-state index is 14.0. The number of aromatic nitrogens is 2. The molecule has 7 nitrogen and oxygen atoms in total. The number of hydrogen-bond acceptors (Lipinski definition) is 4. The number of halogens is 5. The van der Waals surface area contributed by atoms with Crippen LogP contribution in [0.25, 0.3) is 11.4 Å². The predicted molar refractivity (Wildman–Crippen MR) is 208 cm³/mol. The van der Waals surface area contributed by atoms with Crippen LogP contribution in [0, 0.1) is 12.7 Å². The molecule has 54 heavy (non-hydrogen) atoms. The third-order valence-corrected chi connectivity index (χ3v) is 11.8. The first-order valence-corrected chi connectivity index (χ1v) is 19.0. The molecule has 0 saturated heterocycles. The number of rotatable bonds is 9. The summed E-state index contributed by atoms with van der Waals surface area (Å²) in [5.41, 5.74) is 10.2. The van der Waals surface area contributed by atoms with Gasteiger partial charge in [0.1, 0.15) is 5.82 Å². The van der Waals surface area contributed by atoms with E-state index in [2.05, 4.69) is 79.6 Å². The van der Waals surface area contributed by atoms with Crippen LogP contribution in [0.4, 0.5) is 17.6 Å². The molecule has 2 aliphatic rings. The lowest BCUT2D eigenvalue weighted by molar-refractivity contribution is -0.143. The van der Waals surface area contributed by atoms with Gasteiger partial charge in [0.15, 0.2) is 5.69 Å². The quantitative estimate of drug-likeness (QED) is 0.172. The number of nitrogens with one attached hydrogen (secondary N) is 2. The van der Waals surface area contributed by atoms with Crippen molar-refractivity contribution in [3.05, 3.63) is 124 Å². The maximum Gasteiger partial charge on any atom is 0.434 e. The fourth-order valence-corrected chi connectivity index (χ4v) is 8.04. The van der Waals surface area contributed by atoms with Crippen LogP contribution in [-0.4, -0.2) is 76.8 Å². The highest BCUT2D eigenvalue weighted by Crippen LogP contribution is 2.38. The first-order valence-electron chi connectivity index (χ1n) is 18.6. The Hall–Kier alpha value is -3.77. The molecule has 0 atom stereocenters. The highest BCUT2D eigenvalue weighted by molar-refractivity contribution is 6.30. The van der Waals surface area contributed by atoms with E-state index in [1.54, 1.807) is 0 Å². The summed E-state index contributed by atoms with van der Waals surface area (Å²) in [6.07, 6.45) is 5.14. The molecule has 0 bridgehead atoms. The second-order valence-corrected chi connectivity index (χ2v) is 16.0. The second-order valence-electron chi connectivity index (χ2n) is 15.5. The lowest BCUT2D eigenvalue weighted by Crippen LogP contribution is -2.52. The van der Waals surface area contributed by atoms with Gasteiger partial charge in [0.05, 0.1) is 17.4 Å². The summed E-state index contributed by atoms with van der Waals surface area (Å²) in [4.78, 5) is 17.5. The normalized spacial score (nSPS) is 23.2. The van der Waals surface area contributed by atoms with Crippen molar-refractivity contribution < 1.29 is 22.4 Å². The summed E-state index contributed by atoms with van der Waals surface area (Å²) in [6, 6.07) is 21.1. The topological polar surface area (TPSA) is 77.2 Å². The summed E-state index contributed by atoms with van der Waals surface area (Å²) >= 11 is 5.86. The van der Waals surface area contributed by atoms with Crippen LogP contribution in [-0.2, 0) is 19.0 Å². The van der Waals surface area contributed by atoms with Crippen LogP contribution in [0.5, 0.6) is 0 Å². The molecule has 0 spiro atoms. The van der Waals surface area contributed by atoms with Crippen molar-refractivity contribution in [3.63, 3.8) is 0 Å². The number of amides is 1. The van der Waals surface area contributed by atoms with E-state index in [-0.39, 0.29) is 34.7 Å². The van der Waals surface area contributed by atoms with Gasteiger partial charge in [-0.05, 0) is 134 Å². The van der Waals surface area contributed by atoms with Gasteiger partial charge in [0, 0.05) is 22.1 Å². The second kappa shape index (κ2) is 17.4. The fraction of sp³-hybridized carbons (Fsp3) is 0.476. The molecule has 0 aliphatic heterocycles. The Bertz CT molecular complexity index is 1810. The first kappa shape index (κ1) is 41.4. The Morgan fingerprint density at radius 1 is 0.833 bits per heavy atom. The molecular formula is C42H52ClF4N6O-. The summed E-state index contributed by atoms with van der Waals surface area (Å²) in [5.74, 6) is -0.934. The van der Waals surface area contributed by atoms with E-state index in [1.165, 1.54) is 53.1 Å². The molecule has 2 saturated carbocycles. The Morgan fingerprint density at radius 3 is 1.80 bits per heavy atom. The third kappa shape index (κ3) is 10.1. The Labute approximate surface area is 321 Å². The van der Waals surface area contributed by atoms with Crippen LogP contribution < -0.4 is 5.32 Å². The summed E-state index contributed by atoms with van der Waals surface area (Å²) < 4.78 is 55.7. The molecule has 1 amide bonds. The molecule has 1 heterocycles. The smallest absolute Gasteiger partial charge is 0.434 e. The predicted octanol–water partition coefficient (Wildman–Crippen LogP) is 9.73. The number of carbonyl (C=O) groups excluding carboxylic acids is 1. The van der Waals surface area contributed by atoms with Crippen LogP contribution in [0.3, 0.4) is 0 Å². The third-order valence-electron chi connectivity index (χ3n) is 11.5. The number of alkyl halides is 3. The van der Waals surface area contributed by atoms with Gasteiger partial charge in [0.2, 0.25) is 0 Å². The van der Waals surface area contributed by atoms with Crippen molar-refractivity contribution in [1.29, 1.82) is 0 Å². The van der Waals surface area contributed by atoms with Crippen LogP contribution in [0.15, 0.2) is 79.0 Å². The fourth-order valence-electron chi connectivity index (χ4n) is 7.92.